The van der Waals surface area contributed by atoms with Gasteiger partial charge in [0.05, 0.1) is 11.0 Å². The van der Waals surface area contributed by atoms with E-state index in [1.165, 1.54) is 0 Å². The van der Waals surface area contributed by atoms with E-state index in [0.717, 1.165) is 11.0 Å². The van der Waals surface area contributed by atoms with Crippen molar-refractivity contribution < 1.29 is 0 Å². The van der Waals surface area contributed by atoms with Gasteiger partial charge in [-0.05, 0) is 12.1 Å². The Morgan fingerprint density at radius 2 is 1.81 bits per heavy atom. The highest BCUT2D eigenvalue weighted by atomic mass is 15.3. The average molecular weight is 278 g/mol. The van der Waals surface area contributed by atoms with E-state index >= 15 is 0 Å². The predicted molar refractivity (Wildman–Crippen MR) is 76.0 cm³/mol. The second-order valence-electron chi connectivity index (χ2n) is 4.37. The Kier molecular flexibility index (Phi) is 2.40. The monoisotopic (exact) mass is 278 g/mol. The molecule has 0 radical (unpaired) electrons. The first-order chi connectivity index (χ1) is 10.3. The van der Waals surface area contributed by atoms with Gasteiger partial charge in [-0.25, -0.2) is 9.97 Å². The normalized spacial score (nSPS) is 11.0. The minimum absolute atomic E-state index is 0.140. The first-order valence-electron chi connectivity index (χ1n) is 6.23. The minimum Gasteiger partial charge on any atom is -0.368 e. The van der Waals surface area contributed by atoms with Crippen LogP contribution in [-0.2, 0) is 0 Å². The molecular weight excluding hydrogens is 268 g/mol. The third kappa shape index (κ3) is 1.89. The average Bonchev–Trinajstić information content (AvgIpc) is 3.16. The molecule has 8 nitrogen and oxygen atoms in total. The molecule has 0 atom stereocenters. The van der Waals surface area contributed by atoms with Crippen molar-refractivity contribution in [1.29, 1.82) is 0 Å². The molecule has 0 aliphatic carbocycles. The lowest BCUT2D eigenvalue weighted by Crippen LogP contribution is -2.10. The molecular formula is C13H10N8. The lowest BCUT2D eigenvalue weighted by atomic mass is 10.3. The number of para-hydroxylation sites is 2. The summed E-state index contributed by atoms with van der Waals surface area (Å²) in [4.78, 5) is 21.0. The van der Waals surface area contributed by atoms with Crippen LogP contribution >= 0.6 is 0 Å². The Labute approximate surface area is 119 Å². The second kappa shape index (κ2) is 4.37. The zero-order valence-corrected chi connectivity index (χ0v) is 10.8. The molecule has 4 rings (SSSR count). The molecule has 0 bridgehead atoms. The number of nitrogens with two attached hydrogens (primary N) is 1. The van der Waals surface area contributed by atoms with Crippen molar-refractivity contribution in [3.63, 3.8) is 0 Å². The fourth-order valence-corrected chi connectivity index (χ4v) is 2.09. The number of imidazole rings is 2. The Bertz CT molecular complexity index is 909. The number of fused-ring (bicyclic) bond motifs is 1. The molecule has 3 heterocycles. The third-order valence-corrected chi connectivity index (χ3v) is 3.03. The molecule has 0 aliphatic rings. The Hall–Kier alpha value is -3.29. The topological polar surface area (TPSA) is 100 Å². The molecule has 102 valence electrons. The molecule has 1 aromatic carbocycles. The van der Waals surface area contributed by atoms with Gasteiger partial charge < -0.3 is 5.73 Å². The first kappa shape index (κ1) is 11.5. The summed E-state index contributed by atoms with van der Waals surface area (Å²) in [5, 5.41) is 0. The first-order valence-corrected chi connectivity index (χ1v) is 6.23. The highest BCUT2D eigenvalue weighted by Gasteiger charge is 2.10. The zero-order chi connectivity index (χ0) is 14.2. The van der Waals surface area contributed by atoms with Gasteiger partial charge in [-0.2, -0.15) is 15.0 Å². The van der Waals surface area contributed by atoms with E-state index in [1.54, 1.807) is 34.2 Å². The van der Waals surface area contributed by atoms with Crippen LogP contribution in [0.15, 0.2) is 49.3 Å². The fourth-order valence-electron chi connectivity index (χ4n) is 2.09. The smallest absolute Gasteiger partial charge is 0.242 e. The van der Waals surface area contributed by atoms with E-state index in [9.17, 15) is 0 Å². The van der Waals surface area contributed by atoms with Gasteiger partial charge in [0, 0.05) is 12.4 Å². The van der Waals surface area contributed by atoms with Crippen LogP contribution in [-0.4, -0.2) is 34.1 Å². The van der Waals surface area contributed by atoms with E-state index in [4.69, 9.17) is 5.73 Å². The molecule has 0 saturated carbocycles. The van der Waals surface area contributed by atoms with Gasteiger partial charge in [0.1, 0.15) is 12.7 Å². The van der Waals surface area contributed by atoms with Crippen molar-refractivity contribution in [3.05, 3.63) is 49.3 Å². The number of hydrogen-bond donors (Lipinski definition) is 1. The van der Waals surface area contributed by atoms with E-state index in [1.807, 2.05) is 24.3 Å². The SMILES string of the molecule is Nc1nc(-n2ccnc2)nc(-n2cnc3ccccc32)n1. The summed E-state index contributed by atoms with van der Waals surface area (Å²) >= 11 is 0. The Morgan fingerprint density at radius 1 is 0.952 bits per heavy atom. The van der Waals surface area contributed by atoms with Gasteiger partial charge in [-0.15, -0.1) is 0 Å². The molecule has 0 fully saturated rings. The molecule has 8 heteroatoms. The van der Waals surface area contributed by atoms with Gasteiger partial charge in [-0.1, -0.05) is 12.1 Å². The molecule has 2 N–H and O–H groups in total. The lowest BCUT2D eigenvalue weighted by Gasteiger charge is -2.06. The molecule has 0 saturated heterocycles. The van der Waals surface area contributed by atoms with Crippen LogP contribution in [0.2, 0.25) is 0 Å². The Balaban J connectivity index is 1.93. The quantitative estimate of drug-likeness (QED) is 0.586. The van der Waals surface area contributed by atoms with Crippen LogP contribution in [0.4, 0.5) is 5.95 Å². The van der Waals surface area contributed by atoms with E-state index < -0.39 is 0 Å². The third-order valence-electron chi connectivity index (χ3n) is 3.03. The number of benzene rings is 1. The van der Waals surface area contributed by atoms with Crippen LogP contribution in [0.3, 0.4) is 0 Å². The highest BCUT2D eigenvalue weighted by molar-refractivity contribution is 5.76. The fraction of sp³-hybridized carbons (Fsp3) is 0. The summed E-state index contributed by atoms with van der Waals surface area (Å²) in [6.07, 6.45) is 6.65. The van der Waals surface area contributed by atoms with Gasteiger partial charge in [0.25, 0.3) is 0 Å². The molecule has 0 aliphatic heterocycles. The zero-order valence-electron chi connectivity index (χ0n) is 10.8. The van der Waals surface area contributed by atoms with Gasteiger partial charge in [-0.3, -0.25) is 9.13 Å². The standard InChI is InChI=1S/C13H10N8/c14-11-17-12(20-6-5-15-7-20)19-13(18-11)21-8-16-9-3-1-2-4-10(9)21/h1-8H,(H2,14,17,18,19). The van der Waals surface area contributed by atoms with E-state index in [0.29, 0.717) is 11.9 Å². The maximum absolute atomic E-state index is 5.79. The summed E-state index contributed by atoms with van der Waals surface area (Å²) < 4.78 is 3.44. The number of anilines is 1. The number of nitrogens with zero attached hydrogens (tertiary/aromatic N) is 7. The van der Waals surface area contributed by atoms with Crippen LogP contribution in [0.1, 0.15) is 0 Å². The number of rotatable bonds is 2. The maximum Gasteiger partial charge on any atom is 0.242 e. The molecule has 3 aromatic heterocycles. The minimum atomic E-state index is 0.140. The van der Waals surface area contributed by atoms with Gasteiger partial charge in [0.2, 0.25) is 17.8 Å². The molecule has 0 unspecified atom stereocenters. The van der Waals surface area contributed by atoms with Crippen molar-refractivity contribution in [2.24, 2.45) is 0 Å². The van der Waals surface area contributed by atoms with Crippen molar-refractivity contribution in [2.45, 2.75) is 0 Å². The van der Waals surface area contributed by atoms with Crippen molar-refractivity contribution in [2.75, 3.05) is 5.73 Å². The number of aromatic nitrogens is 7. The second-order valence-corrected chi connectivity index (χ2v) is 4.37. The summed E-state index contributed by atoms with van der Waals surface area (Å²) in [5.74, 6) is 0.967. The highest BCUT2D eigenvalue weighted by Crippen LogP contribution is 2.16. The van der Waals surface area contributed by atoms with Crippen LogP contribution in [0, 0.1) is 0 Å². The molecule has 21 heavy (non-hydrogen) atoms. The van der Waals surface area contributed by atoms with Crippen LogP contribution in [0.25, 0.3) is 22.9 Å². The van der Waals surface area contributed by atoms with Crippen molar-refractivity contribution in [1.82, 2.24) is 34.1 Å². The van der Waals surface area contributed by atoms with Crippen molar-refractivity contribution in [3.8, 4) is 11.9 Å². The molecule has 4 aromatic rings. The van der Waals surface area contributed by atoms with E-state index in [-0.39, 0.29) is 5.95 Å². The van der Waals surface area contributed by atoms with Crippen molar-refractivity contribution >= 4 is 17.0 Å². The summed E-state index contributed by atoms with van der Waals surface area (Å²) in [5.41, 5.74) is 7.55. The van der Waals surface area contributed by atoms with Crippen LogP contribution < -0.4 is 5.73 Å². The van der Waals surface area contributed by atoms with Gasteiger partial charge in [0.15, 0.2) is 0 Å². The number of hydrogen-bond acceptors (Lipinski definition) is 6. The largest absolute Gasteiger partial charge is 0.368 e. The lowest BCUT2D eigenvalue weighted by molar-refractivity contribution is 0.853. The predicted octanol–water partition coefficient (Wildman–Crippen LogP) is 0.978. The summed E-state index contributed by atoms with van der Waals surface area (Å²) in [6.45, 7) is 0. The maximum atomic E-state index is 5.79. The summed E-state index contributed by atoms with van der Waals surface area (Å²) in [6, 6.07) is 7.73. The summed E-state index contributed by atoms with van der Waals surface area (Å²) in [7, 11) is 0. The Morgan fingerprint density at radius 3 is 2.67 bits per heavy atom. The number of nitrogen functional groups attached to an aromatic ring is 1. The van der Waals surface area contributed by atoms with Crippen LogP contribution in [0.5, 0.6) is 0 Å². The molecule has 0 amide bonds. The molecule has 0 spiro atoms. The van der Waals surface area contributed by atoms with Gasteiger partial charge >= 0.3 is 0 Å². The van der Waals surface area contributed by atoms with E-state index in [2.05, 4.69) is 24.9 Å².